The second kappa shape index (κ2) is 10.3. The highest BCUT2D eigenvalue weighted by Crippen LogP contribution is 2.36. The Bertz CT molecular complexity index is 1040. The molecule has 5 heteroatoms. The zero-order chi connectivity index (χ0) is 21.1. The van der Waals surface area contributed by atoms with Crippen molar-refractivity contribution in [3.8, 4) is 0 Å². The Kier molecular flexibility index (Phi) is 7.69. The summed E-state index contributed by atoms with van der Waals surface area (Å²) >= 11 is 0. The van der Waals surface area contributed by atoms with Crippen LogP contribution in [0, 0.1) is 5.82 Å². The number of aryl methyl sites for hydroxylation is 1. The van der Waals surface area contributed by atoms with Crippen molar-refractivity contribution in [3.63, 3.8) is 0 Å². The first-order chi connectivity index (χ1) is 14.5. The van der Waals surface area contributed by atoms with Gasteiger partial charge in [0.25, 0.3) is 0 Å². The van der Waals surface area contributed by atoms with Crippen LogP contribution < -0.4 is 5.32 Å². The Morgan fingerprint density at radius 1 is 1.06 bits per heavy atom. The second-order valence-electron chi connectivity index (χ2n) is 8.41. The zero-order valence-electron chi connectivity index (χ0n) is 17.7. The van der Waals surface area contributed by atoms with Crippen molar-refractivity contribution < 1.29 is 14.3 Å². The van der Waals surface area contributed by atoms with Crippen molar-refractivity contribution in [2.24, 2.45) is 0 Å². The number of carboxylic acids is 1. The van der Waals surface area contributed by atoms with Gasteiger partial charge in [-0.15, -0.1) is 12.4 Å². The first-order valence-corrected chi connectivity index (χ1v) is 10.7. The number of carbonyl (C=O) groups is 1. The molecule has 2 N–H and O–H groups in total. The molecule has 0 radical (unpaired) electrons. The number of benzene rings is 3. The summed E-state index contributed by atoms with van der Waals surface area (Å²) in [6.07, 6.45) is 4.09. The summed E-state index contributed by atoms with van der Waals surface area (Å²) in [5.41, 5.74) is 3.54. The third-order valence-corrected chi connectivity index (χ3v) is 6.37. The van der Waals surface area contributed by atoms with Crippen LogP contribution in [0.15, 0.2) is 60.7 Å². The molecule has 0 bridgehead atoms. The molecule has 0 unspecified atom stereocenters. The highest BCUT2D eigenvalue weighted by molar-refractivity contribution is 5.86. The van der Waals surface area contributed by atoms with Crippen molar-refractivity contribution in [1.82, 2.24) is 5.32 Å². The molecule has 3 aromatic carbocycles. The molecule has 0 amide bonds. The lowest BCUT2D eigenvalue weighted by atomic mass is 9.95. The highest BCUT2D eigenvalue weighted by atomic mass is 35.5. The van der Waals surface area contributed by atoms with Gasteiger partial charge in [-0.05, 0) is 66.7 Å². The minimum Gasteiger partial charge on any atom is -0.481 e. The molecule has 1 aliphatic rings. The Hall–Kier alpha value is -2.43. The molecular weight excluding hydrogens is 413 g/mol. The van der Waals surface area contributed by atoms with Gasteiger partial charge in [0.15, 0.2) is 0 Å². The molecule has 0 saturated heterocycles. The number of carboxylic acid groups (broad SMARTS) is 1. The summed E-state index contributed by atoms with van der Waals surface area (Å²) in [5.74, 6) is -0.408. The van der Waals surface area contributed by atoms with Gasteiger partial charge >= 0.3 is 5.97 Å². The second-order valence-corrected chi connectivity index (χ2v) is 8.41. The van der Waals surface area contributed by atoms with Gasteiger partial charge in [-0.3, -0.25) is 4.79 Å². The number of aliphatic carboxylic acids is 1. The van der Waals surface area contributed by atoms with Gasteiger partial charge in [-0.1, -0.05) is 54.6 Å². The SMILES string of the molecule is C[C@@H](N[C@H]1CC[C@H](c2ccc(CCC(=O)O)cc2)C1)c1ccc(F)c2ccccc12.Cl. The van der Waals surface area contributed by atoms with E-state index < -0.39 is 5.97 Å². The van der Waals surface area contributed by atoms with Crippen LogP contribution in [-0.4, -0.2) is 17.1 Å². The molecule has 3 nitrogen and oxygen atoms in total. The fourth-order valence-electron chi connectivity index (χ4n) is 4.75. The summed E-state index contributed by atoms with van der Waals surface area (Å²) < 4.78 is 14.1. The number of hydrogen-bond donors (Lipinski definition) is 2. The molecule has 0 heterocycles. The van der Waals surface area contributed by atoms with Crippen LogP contribution in [0.4, 0.5) is 4.39 Å². The van der Waals surface area contributed by atoms with Gasteiger partial charge < -0.3 is 10.4 Å². The molecule has 0 spiro atoms. The molecule has 3 atom stereocenters. The summed E-state index contributed by atoms with van der Waals surface area (Å²) in [6, 6.07) is 20.2. The van der Waals surface area contributed by atoms with Crippen LogP contribution in [0.25, 0.3) is 10.8 Å². The standard InChI is InChI=1S/C26H28FNO2.ClH/c1-17(22-13-14-25(27)24-5-3-2-4-23(22)24)28-21-12-11-20(16-21)19-9-6-18(7-10-19)8-15-26(29)30;/h2-7,9-10,13-14,17,20-21,28H,8,11-12,15-16H2,1H3,(H,29,30);1H/t17-,20+,21+;/m1./s1. The molecule has 4 rings (SSSR count). The molecule has 164 valence electrons. The van der Waals surface area contributed by atoms with E-state index in [2.05, 4.69) is 36.5 Å². The molecule has 1 fully saturated rings. The normalized spacial score (nSPS) is 19.2. The van der Waals surface area contributed by atoms with Crippen molar-refractivity contribution >= 4 is 29.1 Å². The summed E-state index contributed by atoms with van der Waals surface area (Å²) in [6.45, 7) is 2.16. The molecule has 0 aromatic heterocycles. The number of hydrogen-bond acceptors (Lipinski definition) is 2. The zero-order valence-corrected chi connectivity index (χ0v) is 18.5. The fraction of sp³-hybridized carbons (Fsp3) is 0.346. The van der Waals surface area contributed by atoms with Crippen molar-refractivity contribution in [1.29, 1.82) is 0 Å². The molecule has 1 saturated carbocycles. The van der Waals surface area contributed by atoms with Crippen LogP contribution in [0.1, 0.15) is 61.3 Å². The largest absolute Gasteiger partial charge is 0.481 e. The fourth-order valence-corrected chi connectivity index (χ4v) is 4.75. The molecule has 0 aliphatic heterocycles. The minimum absolute atomic E-state index is 0. The average molecular weight is 442 g/mol. The molecule has 31 heavy (non-hydrogen) atoms. The van der Waals surface area contributed by atoms with Crippen LogP contribution in [-0.2, 0) is 11.2 Å². The average Bonchev–Trinajstić information content (AvgIpc) is 3.21. The maximum atomic E-state index is 14.1. The van der Waals surface area contributed by atoms with Gasteiger partial charge in [0.1, 0.15) is 5.82 Å². The maximum Gasteiger partial charge on any atom is 0.303 e. The van der Waals surface area contributed by atoms with E-state index in [1.165, 1.54) is 5.56 Å². The Morgan fingerprint density at radius 2 is 1.77 bits per heavy atom. The first-order valence-electron chi connectivity index (χ1n) is 10.7. The van der Waals surface area contributed by atoms with E-state index in [0.717, 1.165) is 35.8 Å². The van der Waals surface area contributed by atoms with Crippen LogP contribution >= 0.6 is 12.4 Å². The lowest BCUT2D eigenvalue weighted by Gasteiger charge is -2.22. The van der Waals surface area contributed by atoms with Crippen molar-refractivity contribution in [2.45, 2.75) is 57.0 Å². The van der Waals surface area contributed by atoms with Crippen LogP contribution in [0.2, 0.25) is 0 Å². The maximum absolute atomic E-state index is 14.1. The third-order valence-electron chi connectivity index (χ3n) is 6.37. The van der Waals surface area contributed by atoms with Gasteiger partial charge in [-0.25, -0.2) is 4.39 Å². The Balaban J connectivity index is 0.00000272. The number of halogens is 2. The number of fused-ring (bicyclic) bond motifs is 1. The lowest BCUT2D eigenvalue weighted by molar-refractivity contribution is -0.136. The van der Waals surface area contributed by atoms with Crippen LogP contribution in [0.5, 0.6) is 0 Å². The molecule has 1 aliphatic carbocycles. The van der Waals surface area contributed by atoms with E-state index in [1.807, 2.05) is 30.3 Å². The lowest BCUT2D eigenvalue weighted by Crippen LogP contribution is -2.29. The minimum atomic E-state index is -0.758. The quantitative estimate of drug-likeness (QED) is 0.445. The highest BCUT2D eigenvalue weighted by Gasteiger charge is 2.27. The van der Waals surface area contributed by atoms with Gasteiger partial charge in [-0.2, -0.15) is 0 Å². The van der Waals surface area contributed by atoms with E-state index in [1.54, 1.807) is 6.07 Å². The van der Waals surface area contributed by atoms with E-state index in [4.69, 9.17) is 5.11 Å². The van der Waals surface area contributed by atoms with Crippen molar-refractivity contribution in [2.75, 3.05) is 0 Å². The van der Waals surface area contributed by atoms with Gasteiger partial charge in [0.2, 0.25) is 0 Å². The predicted molar refractivity (Wildman–Crippen MR) is 125 cm³/mol. The number of nitrogens with one attached hydrogen (secondary N) is 1. The molecular formula is C26H29ClFNO2. The third kappa shape index (κ3) is 5.44. The summed E-state index contributed by atoms with van der Waals surface area (Å²) in [4.78, 5) is 10.7. The monoisotopic (exact) mass is 441 g/mol. The predicted octanol–water partition coefficient (Wildman–Crippen LogP) is 6.40. The Labute approximate surface area is 189 Å². The topological polar surface area (TPSA) is 49.3 Å². The van der Waals surface area contributed by atoms with E-state index in [0.29, 0.717) is 23.8 Å². The van der Waals surface area contributed by atoms with Gasteiger partial charge in [0, 0.05) is 23.9 Å². The summed E-state index contributed by atoms with van der Waals surface area (Å²) in [5, 5.41) is 14.2. The van der Waals surface area contributed by atoms with Crippen LogP contribution in [0.3, 0.4) is 0 Å². The van der Waals surface area contributed by atoms with E-state index >= 15 is 0 Å². The number of rotatable bonds is 7. The van der Waals surface area contributed by atoms with E-state index in [9.17, 15) is 9.18 Å². The van der Waals surface area contributed by atoms with Gasteiger partial charge in [0.05, 0.1) is 0 Å². The Morgan fingerprint density at radius 3 is 2.48 bits per heavy atom. The first kappa shape index (κ1) is 23.2. The van der Waals surface area contributed by atoms with E-state index in [-0.39, 0.29) is 30.7 Å². The van der Waals surface area contributed by atoms with Crippen molar-refractivity contribution in [3.05, 3.63) is 83.2 Å². The summed E-state index contributed by atoms with van der Waals surface area (Å²) in [7, 11) is 0. The smallest absolute Gasteiger partial charge is 0.303 e. The molecule has 3 aromatic rings.